The van der Waals surface area contributed by atoms with E-state index in [-0.39, 0.29) is 5.54 Å². The molecule has 0 aliphatic heterocycles. The van der Waals surface area contributed by atoms with Gasteiger partial charge in [0.2, 0.25) is 0 Å². The van der Waals surface area contributed by atoms with Gasteiger partial charge in [0.25, 0.3) is 0 Å². The molecule has 1 aromatic rings. The fraction of sp³-hybridized carbons (Fsp3) is 0.643. The molecule has 3 heteroatoms. The van der Waals surface area contributed by atoms with Crippen LogP contribution in [0.25, 0.3) is 0 Å². The Hall–Kier alpha value is -0.930. The standard InChI is InChI=1S/C14H24N2O/c1-11-8-12(10-15-9-11)14(5,17)6-7-16-13(2,3)4/h8-10,16-17H,6-7H2,1-5H3. The van der Waals surface area contributed by atoms with Gasteiger partial charge in [-0.2, -0.15) is 0 Å². The Morgan fingerprint density at radius 1 is 1.24 bits per heavy atom. The molecule has 0 amide bonds. The molecule has 1 atom stereocenters. The highest BCUT2D eigenvalue weighted by Crippen LogP contribution is 2.24. The summed E-state index contributed by atoms with van der Waals surface area (Å²) in [6.45, 7) is 11.0. The average molecular weight is 236 g/mol. The summed E-state index contributed by atoms with van der Waals surface area (Å²) in [6, 6.07) is 1.99. The van der Waals surface area contributed by atoms with E-state index in [1.54, 1.807) is 12.4 Å². The Balaban J connectivity index is 2.62. The summed E-state index contributed by atoms with van der Waals surface area (Å²) < 4.78 is 0. The van der Waals surface area contributed by atoms with E-state index in [1.165, 1.54) is 0 Å². The van der Waals surface area contributed by atoms with Gasteiger partial charge in [0.15, 0.2) is 0 Å². The third-order valence-electron chi connectivity index (χ3n) is 2.76. The molecule has 1 aromatic heterocycles. The lowest BCUT2D eigenvalue weighted by atomic mass is 9.92. The van der Waals surface area contributed by atoms with E-state index in [0.29, 0.717) is 6.42 Å². The first-order valence-electron chi connectivity index (χ1n) is 6.10. The van der Waals surface area contributed by atoms with E-state index in [1.807, 2.05) is 19.9 Å². The molecule has 96 valence electrons. The molecule has 1 unspecified atom stereocenters. The SMILES string of the molecule is Cc1cncc(C(C)(O)CCNC(C)(C)C)c1. The van der Waals surface area contributed by atoms with Crippen molar-refractivity contribution in [2.45, 2.75) is 52.2 Å². The van der Waals surface area contributed by atoms with Crippen LogP contribution >= 0.6 is 0 Å². The summed E-state index contributed by atoms with van der Waals surface area (Å²) in [5.41, 5.74) is 1.22. The maximum atomic E-state index is 10.4. The minimum atomic E-state index is -0.822. The van der Waals surface area contributed by atoms with E-state index < -0.39 is 5.60 Å². The zero-order valence-electron chi connectivity index (χ0n) is 11.5. The van der Waals surface area contributed by atoms with Gasteiger partial charge >= 0.3 is 0 Å². The van der Waals surface area contributed by atoms with Gasteiger partial charge in [-0.25, -0.2) is 0 Å². The summed E-state index contributed by atoms with van der Waals surface area (Å²) in [4.78, 5) is 4.13. The van der Waals surface area contributed by atoms with Gasteiger partial charge in [-0.1, -0.05) is 6.07 Å². The molecule has 2 N–H and O–H groups in total. The van der Waals surface area contributed by atoms with Crippen LogP contribution in [0.5, 0.6) is 0 Å². The van der Waals surface area contributed by atoms with Crippen LogP contribution in [0.4, 0.5) is 0 Å². The van der Waals surface area contributed by atoms with Gasteiger partial charge in [-0.05, 0) is 53.1 Å². The first-order valence-corrected chi connectivity index (χ1v) is 6.10. The van der Waals surface area contributed by atoms with E-state index in [0.717, 1.165) is 17.7 Å². The average Bonchev–Trinajstić information content (AvgIpc) is 2.15. The summed E-state index contributed by atoms with van der Waals surface area (Å²) >= 11 is 0. The predicted octanol–water partition coefficient (Wildman–Crippen LogP) is 2.38. The molecule has 1 heterocycles. The minimum absolute atomic E-state index is 0.0843. The number of hydrogen-bond donors (Lipinski definition) is 2. The van der Waals surface area contributed by atoms with Crippen molar-refractivity contribution in [1.82, 2.24) is 10.3 Å². The minimum Gasteiger partial charge on any atom is -0.385 e. The van der Waals surface area contributed by atoms with Crippen molar-refractivity contribution in [1.29, 1.82) is 0 Å². The molecule has 0 spiro atoms. The number of aryl methyl sites for hydroxylation is 1. The van der Waals surface area contributed by atoms with E-state index in [2.05, 4.69) is 31.1 Å². The molecule has 0 aliphatic carbocycles. The molecule has 0 saturated heterocycles. The molecular formula is C14H24N2O. The Morgan fingerprint density at radius 3 is 2.41 bits per heavy atom. The third kappa shape index (κ3) is 4.84. The monoisotopic (exact) mass is 236 g/mol. The number of rotatable bonds is 4. The molecule has 0 fully saturated rings. The van der Waals surface area contributed by atoms with Crippen molar-refractivity contribution in [3.05, 3.63) is 29.6 Å². The maximum Gasteiger partial charge on any atom is 0.0895 e. The van der Waals surface area contributed by atoms with Crippen LogP contribution in [0.3, 0.4) is 0 Å². The van der Waals surface area contributed by atoms with Crippen LogP contribution in [-0.2, 0) is 5.60 Å². The van der Waals surface area contributed by atoms with Gasteiger partial charge in [0.1, 0.15) is 0 Å². The highest BCUT2D eigenvalue weighted by molar-refractivity contribution is 5.22. The predicted molar refractivity (Wildman–Crippen MR) is 70.9 cm³/mol. The molecule has 0 aromatic carbocycles. The lowest BCUT2D eigenvalue weighted by Crippen LogP contribution is -2.39. The number of aromatic nitrogens is 1. The van der Waals surface area contributed by atoms with Crippen LogP contribution in [0.1, 0.15) is 45.2 Å². The molecule has 0 aliphatic rings. The second kappa shape index (κ2) is 5.15. The van der Waals surface area contributed by atoms with Crippen LogP contribution in [-0.4, -0.2) is 22.2 Å². The summed E-state index contributed by atoms with van der Waals surface area (Å²) in [7, 11) is 0. The van der Waals surface area contributed by atoms with Crippen LogP contribution in [0.2, 0.25) is 0 Å². The first kappa shape index (κ1) is 14.1. The largest absolute Gasteiger partial charge is 0.385 e. The third-order valence-corrected chi connectivity index (χ3v) is 2.76. The number of hydrogen-bond acceptors (Lipinski definition) is 3. The Labute approximate surface area is 104 Å². The Kier molecular flexibility index (Phi) is 4.28. The molecule has 0 saturated carbocycles. The molecule has 17 heavy (non-hydrogen) atoms. The fourth-order valence-corrected chi connectivity index (χ4v) is 1.67. The van der Waals surface area contributed by atoms with Crippen molar-refractivity contribution < 1.29 is 5.11 Å². The summed E-state index contributed by atoms with van der Waals surface area (Å²) in [5, 5.41) is 13.8. The number of nitrogens with one attached hydrogen (secondary N) is 1. The van der Waals surface area contributed by atoms with E-state index in [4.69, 9.17) is 0 Å². The van der Waals surface area contributed by atoms with E-state index in [9.17, 15) is 5.11 Å². The van der Waals surface area contributed by atoms with Crippen LogP contribution in [0.15, 0.2) is 18.5 Å². The van der Waals surface area contributed by atoms with Gasteiger partial charge in [0.05, 0.1) is 5.60 Å². The first-order chi connectivity index (χ1) is 7.71. The van der Waals surface area contributed by atoms with Crippen molar-refractivity contribution in [3.8, 4) is 0 Å². The maximum absolute atomic E-state index is 10.4. The van der Waals surface area contributed by atoms with Crippen molar-refractivity contribution in [2.24, 2.45) is 0 Å². The molecule has 1 rings (SSSR count). The zero-order chi connectivity index (χ0) is 13.1. The Bertz CT molecular complexity index is 367. The molecule has 0 bridgehead atoms. The summed E-state index contributed by atoms with van der Waals surface area (Å²) in [6.07, 6.45) is 4.21. The van der Waals surface area contributed by atoms with Crippen molar-refractivity contribution in [2.75, 3.05) is 6.54 Å². The molecular weight excluding hydrogens is 212 g/mol. The topological polar surface area (TPSA) is 45.2 Å². The number of aliphatic hydroxyl groups is 1. The normalized spacial score (nSPS) is 15.6. The van der Waals surface area contributed by atoms with Gasteiger partial charge < -0.3 is 10.4 Å². The quantitative estimate of drug-likeness (QED) is 0.843. The molecule has 0 radical (unpaired) electrons. The molecule has 3 nitrogen and oxygen atoms in total. The summed E-state index contributed by atoms with van der Waals surface area (Å²) in [5.74, 6) is 0. The lowest BCUT2D eigenvalue weighted by molar-refractivity contribution is 0.0460. The fourth-order valence-electron chi connectivity index (χ4n) is 1.67. The number of nitrogens with zero attached hydrogens (tertiary/aromatic N) is 1. The highest BCUT2D eigenvalue weighted by atomic mass is 16.3. The van der Waals surface area contributed by atoms with Gasteiger partial charge in [-0.15, -0.1) is 0 Å². The second-order valence-corrected chi connectivity index (χ2v) is 5.95. The van der Waals surface area contributed by atoms with Crippen LogP contribution < -0.4 is 5.32 Å². The van der Waals surface area contributed by atoms with Gasteiger partial charge in [-0.3, -0.25) is 4.98 Å². The van der Waals surface area contributed by atoms with Crippen LogP contribution in [0, 0.1) is 6.92 Å². The number of pyridine rings is 1. The van der Waals surface area contributed by atoms with E-state index >= 15 is 0 Å². The zero-order valence-corrected chi connectivity index (χ0v) is 11.5. The second-order valence-electron chi connectivity index (χ2n) is 5.95. The van der Waals surface area contributed by atoms with Crippen molar-refractivity contribution >= 4 is 0 Å². The Morgan fingerprint density at radius 2 is 1.88 bits per heavy atom. The van der Waals surface area contributed by atoms with Gasteiger partial charge in [0, 0.05) is 23.5 Å². The lowest BCUT2D eigenvalue weighted by Gasteiger charge is -2.27. The highest BCUT2D eigenvalue weighted by Gasteiger charge is 2.23. The van der Waals surface area contributed by atoms with Crippen molar-refractivity contribution in [3.63, 3.8) is 0 Å². The smallest absolute Gasteiger partial charge is 0.0895 e.